The van der Waals surface area contributed by atoms with Crippen molar-refractivity contribution in [3.05, 3.63) is 29.6 Å². The molecule has 3 heteroatoms. The standard InChI is InChI=1S/C23H35F2N/c1-2-3-4-17-7-11-20(12-8-17)21-13-9-18(10-14-21)5-6-19-15-22(24)23(25)26-16-19/h15-18,20-21H,2-14H2,1H3/t17-,18?,20-,21?. The second-order valence-electron chi connectivity index (χ2n) is 8.86. The average molecular weight is 364 g/mol. The first-order chi connectivity index (χ1) is 12.7. The van der Waals surface area contributed by atoms with Crippen molar-refractivity contribution in [3.8, 4) is 0 Å². The molecule has 1 aromatic rings. The Bertz CT molecular complexity index is 543. The van der Waals surface area contributed by atoms with Crippen LogP contribution in [0.1, 0.15) is 89.5 Å². The summed E-state index contributed by atoms with van der Waals surface area (Å²) in [4.78, 5) is 3.50. The maximum atomic E-state index is 13.3. The predicted molar refractivity (Wildman–Crippen MR) is 103 cm³/mol. The van der Waals surface area contributed by atoms with Crippen molar-refractivity contribution in [3.63, 3.8) is 0 Å². The van der Waals surface area contributed by atoms with Crippen LogP contribution in [0.15, 0.2) is 12.3 Å². The summed E-state index contributed by atoms with van der Waals surface area (Å²) in [5.41, 5.74) is 0.830. The average Bonchev–Trinajstić information content (AvgIpc) is 2.68. The van der Waals surface area contributed by atoms with Gasteiger partial charge < -0.3 is 0 Å². The van der Waals surface area contributed by atoms with E-state index in [9.17, 15) is 8.78 Å². The molecule has 0 saturated heterocycles. The van der Waals surface area contributed by atoms with Gasteiger partial charge in [0.1, 0.15) is 0 Å². The lowest BCUT2D eigenvalue weighted by molar-refractivity contribution is 0.140. The first-order valence-electron chi connectivity index (χ1n) is 11.0. The topological polar surface area (TPSA) is 12.9 Å². The molecule has 0 radical (unpaired) electrons. The number of hydrogen-bond donors (Lipinski definition) is 0. The number of halogens is 2. The highest BCUT2D eigenvalue weighted by Gasteiger charge is 2.30. The highest BCUT2D eigenvalue weighted by atomic mass is 19.2. The molecule has 2 aliphatic rings. The molecule has 0 amide bonds. The maximum Gasteiger partial charge on any atom is 0.248 e. The molecule has 146 valence electrons. The molecule has 0 bridgehead atoms. The Kier molecular flexibility index (Phi) is 7.45. The van der Waals surface area contributed by atoms with E-state index in [1.807, 2.05) is 0 Å². The van der Waals surface area contributed by atoms with E-state index < -0.39 is 11.8 Å². The van der Waals surface area contributed by atoms with Crippen molar-refractivity contribution in [1.82, 2.24) is 4.98 Å². The van der Waals surface area contributed by atoms with Crippen LogP contribution in [0.2, 0.25) is 0 Å². The molecule has 2 aliphatic carbocycles. The quantitative estimate of drug-likeness (QED) is 0.471. The molecule has 1 heterocycles. The van der Waals surface area contributed by atoms with Gasteiger partial charge in [0.15, 0.2) is 5.82 Å². The van der Waals surface area contributed by atoms with Crippen LogP contribution in [0.4, 0.5) is 8.78 Å². The van der Waals surface area contributed by atoms with Crippen LogP contribution in [0.3, 0.4) is 0 Å². The van der Waals surface area contributed by atoms with Crippen LogP contribution in [-0.4, -0.2) is 4.98 Å². The van der Waals surface area contributed by atoms with E-state index in [1.54, 1.807) is 0 Å². The first kappa shape index (κ1) is 19.8. The summed E-state index contributed by atoms with van der Waals surface area (Å²) in [6, 6.07) is 1.31. The maximum absolute atomic E-state index is 13.3. The predicted octanol–water partition coefficient (Wildman–Crippen LogP) is 7.10. The van der Waals surface area contributed by atoms with Crippen molar-refractivity contribution in [2.75, 3.05) is 0 Å². The van der Waals surface area contributed by atoms with E-state index in [2.05, 4.69) is 11.9 Å². The molecular formula is C23H35F2N. The second-order valence-corrected chi connectivity index (χ2v) is 8.86. The fourth-order valence-corrected chi connectivity index (χ4v) is 5.36. The molecule has 0 unspecified atom stereocenters. The minimum absolute atomic E-state index is 0.750. The monoisotopic (exact) mass is 363 g/mol. The normalized spacial score (nSPS) is 29.7. The van der Waals surface area contributed by atoms with E-state index >= 15 is 0 Å². The van der Waals surface area contributed by atoms with Crippen molar-refractivity contribution >= 4 is 0 Å². The van der Waals surface area contributed by atoms with Crippen molar-refractivity contribution in [2.24, 2.45) is 23.7 Å². The third-order valence-electron chi connectivity index (χ3n) is 7.11. The number of unbranched alkanes of at least 4 members (excludes halogenated alkanes) is 1. The van der Waals surface area contributed by atoms with E-state index in [0.29, 0.717) is 0 Å². The van der Waals surface area contributed by atoms with Crippen LogP contribution >= 0.6 is 0 Å². The van der Waals surface area contributed by atoms with Crippen molar-refractivity contribution < 1.29 is 8.78 Å². The molecule has 2 saturated carbocycles. The minimum Gasteiger partial charge on any atom is -0.225 e. The number of rotatable bonds is 7. The van der Waals surface area contributed by atoms with E-state index in [0.717, 1.165) is 42.1 Å². The lowest BCUT2D eigenvalue weighted by Gasteiger charge is -2.38. The van der Waals surface area contributed by atoms with Crippen LogP contribution in [-0.2, 0) is 6.42 Å². The number of nitrogens with zero attached hydrogens (tertiary/aromatic N) is 1. The zero-order valence-electron chi connectivity index (χ0n) is 16.4. The second kappa shape index (κ2) is 9.80. The summed E-state index contributed by atoms with van der Waals surface area (Å²) in [7, 11) is 0. The Labute approximate surface area is 158 Å². The van der Waals surface area contributed by atoms with E-state index in [1.165, 1.54) is 82.9 Å². The van der Waals surface area contributed by atoms with Gasteiger partial charge in [-0.2, -0.15) is 4.39 Å². The summed E-state index contributed by atoms with van der Waals surface area (Å²) in [6.07, 6.45) is 18.8. The summed E-state index contributed by atoms with van der Waals surface area (Å²) in [6.45, 7) is 2.30. The molecule has 1 aromatic heterocycles. The molecular weight excluding hydrogens is 328 g/mol. The first-order valence-corrected chi connectivity index (χ1v) is 11.0. The lowest BCUT2D eigenvalue weighted by Crippen LogP contribution is -2.26. The molecule has 0 spiro atoms. The smallest absolute Gasteiger partial charge is 0.225 e. The molecule has 2 fully saturated rings. The molecule has 0 atom stereocenters. The lowest BCUT2D eigenvalue weighted by atomic mass is 9.68. The largest absolute Gasteiger partial charge is 0.248 e. The van der Waals surface area contributed by atoms with Crippen LogP contribution in [0.5, 0.6) is 0 Å². The Hall–Kier alpha value is -0.990. The summed E-state index contributed by atoms with van der Waals surface area (Å²) >= 11 is 0. The fourth-order valence-electron chi connectivity index (χ4n) is 5.36. The van der Waals surface area contributed by atoms with Crippen molar-refractivity contribution in [2.45, 2.75) is 90.4 Å². The number of aryl methyl sites for hydroxylation is 1. The van der Waals surface area contributed by atoms with Gasteiger partial charge in [0, 0.05) is 6.20 Å². The summed E-state index contributed by atoms with van der Waals surface area (Å²) < 4.78 is 26.2. The van der Waals surface area contributed by atoms with Gasteiger partial charge in [-0.05, 0) is 73.8 Å². The van der Waals surface area contributed by atoms with Gasteiger partial charge in [0.25, 0.3) is 0 Å². The van der Waals surface area contributed by atoms with Crippen LogP contribution < -0.4 is 0 Å². The molecule has 0 N–H and O–H groups in total. The minimum atomic E-state index is -0.987. The zero-order valence-corrected chi connectivity index (χ0v) is 16.4. The highest BCUT2D eigenvalue weighted by molar-refractivity contribution is 5.11. The number of aromatic nitrogens is 1. The van der Waals surface area contributed by atoms with Crippen LogP contribution in [0.25, 0.3) is 0 Å². The third-order valence-corrected chi connectivity index (χ3v) is 7.11. The fraction of sp³-hybridized carbons (Fsp3) is 0.783. The van der Waals surface area contributed by atoms with Gasteiger partial charge in [-0.25, -0.2) is 9.37 Å². The third kappa shape index (κ3) is 5.50. The van der Waals surface area contributed by atoms with Gasteiger partial charge in [0.2, 0.25) is 5.95 Å². The summed E-state index contributed by atoms with van der Waals surface area (Å²) in [5, 5.41) is 0. The SMILES string of the molecule is CCCC[C@H]1CC[C@H](C2CCC(CCc3cnc(F)c(F)c3)CC2)CC1. The van der Waals surface area contributed by atoms with E-state index in [-0.39, 0.29) is 0 Å². The molecule has 0 aliphatic heterocycles. The zero-order chi connectivity index (χ0) is 18.4. The van der Waals surface area contributed by atoms with Gasteiger partial charge in [-0.15, -0.1) is 0 Å². The summed E-state index contributed by atoms with van der Waals surface area (Å²) in [5.74, 6) is 1.87. The van der Waals surface area contributed by atoms with Gasteiger partial charge in [0.05, 0.1) is 0 Å². The van der Waals surface area contributed by atoms with Gasteiger partial charge in [-0.1, -0.05) is 51.9 Å². The van der Waals surface area contributed by atoms with Gasteiger partial charge >= 0.3 is 0 Å². The van der Waals surface area contributed by atoms with Crippen molar-refractivity contribution in [1.29, 1.82) is 0 Å². The highest BCUT2D eigenvalue weighted by Crippen LogP contribution is 2.43. The molecule has 3 rings (SSSR count). The Morgan fingerprint density at radius 2 is 1.46 bits per heavy atom. The molecule has 1 nitrogen and oxygen atoms in total. The Morgan fingerprint density at radius 3 is 2.00 bits per heavy atom. The Balaban J connectivity index is 1.36. The molecule has 0 aromatic carbocycles. The van der Waals surface area contributed by atoms with Crippen LogP contribution in [0, 0.1) is 35.4 Å². The molecule has 26 heavy (non-hydrogen) atoms. The van der Waals surface area contributed by atoms with Gasteiger partial charge in [-0.3, -0.25) is 0 Å². The number of pyridine rings is 1. The van der Waals surface area contributed by atoms with E-state index in [4.69, 9.17) is 0 Å². The Morgan fingerprint density at radius 1 is 0.885 bits per heavy atom. The number of hydrogen-bond acceptors (Lipinski definition) is 1.